The number of carbonyl (C=O) groups is 2. The minimum atomic E-state index is -0.0327. The van der Waals surface area contributed by atoms with Crippen molar-refractivity contribution < 1.29 is 9.59 Å². The quantitative estimate of drug-likeness (QED) is 0.807. The van der Waals surface area contributed by atoms with Gasteiger partial charge in [-0.25, -0.2) is 0 Å². The molecular formula is C15H27N3O2. The number of likely N-dealkylation sites (tertiary alicyclic amines) is 1. The zero-order valence-electron chi connectivity index (χ0n) is 12.9. The summed E-state index contributed by atoms with van der Waals surface area (Å²) < 4.78 is 0. The fourth-order valence-electron chi connectivity index (χ4n) is 3.08. The first kappa shape index (κ1) is 15.3. The number of amides is 2. The third-order valence-electron chi connectivity index (χ3n) is 4.55. The Balaban J connectivity index is 1.80. The van der Waals surface area contributed by atoms with E-state index in [0.29, 0.717) is 12.6 Å². The van der Waals surface area contributed by atoms with Gasteiger partial charge in [-0.05, 0) is 45.7 Å². The molecular weight excluding hydrogens is 254 g/mol. The second kappa shape index (κ2) is 6.57. The van der Waals surface area contributed by atoms with E-state index in [4.69, 9.17) is 0 Å². The maximum Gasteiger partial charge on any atom is 0.224 e. The number of hydrogen-bond donors (Lipinski definition) is 1. The monoisotopic (exact) mass is 281 g/mol. The van der Waals surface area contributed by atoms with Crippen molar-refractivity contribution in [2.45, 2.75) is 38.6 Å². The molecule has 0 unspecified atom stereocenters. The summed E-state index contributed by atoms with van der Waals surface area (Å²) >= 11 is 0. The molecule has 1 aliphatic heterocycles. The Hall–Kier alpha value is -1.10. The first-order valence-corrected chi connectivity index (χ1v) is 7.68. The number of nitrogens with zero attached hydrogens (tertiary/aromatic N) is 2. The Bertz CT molecular complexity index is 364. The van der Waals surface area contributed by atoms with E-state index < -0.39 is 0 Å². The molecule has 5 heteroatoms. The van der Waals surface area contributed by atoms with E-state index in [1.54, 1.807) is 11.8 Å². The molecule has 0 aromatic carbocycles. The zero-order valence-corrected chi connectivity index (χ0v) is 12.9. The molecule has 0 aromatic rings. The van der Waals surface area contributed by atoms with Gasteiger partial charge in [-0.1, -0.05) is 0 Å². The lowest BCUT2D eigenvalue weighted by Crippen LogP contribution is -2.48. The smallest absolute Gasteiger partial charge is 0.224 e. The molecule has 0 radical (unpaired) electrons. The molecule has 2 rings (SSSR count). The topological polar surface area (TPSA) is 52.7 Å². The second-order valence-corrected chi connectivity index (χ2v) is 6.42. The Morgan fingerprint density at radius 1 is 1.30 bits per heavy atom. The molecule has 2 aliphatic rings. The highest BCUT2D eigenvalue weighted by Crippen LogP contribution is 2.34. The number of rotatable bonds is 5. The van der Waals surface area contributed by atoms with Crippen LogP contribution < -0.4 is 5.32 Å². The normalized spacial score (nSPS) is 24.6. The van der Waals surface area contributed by atoms with Gasteiger partial charge in [-0.3, -0.25) is 9.59 Å². The van der Waals surface area contributed by atoms with Gasteiger partial charge in [0, 0.05) is 32.6 Å². The van der Waals surface area contributed by atoms with Crippen LogP contribution in [0.4, 0.5) is 0 Å². The number of nitrogens with one attached hydrogen (secondary N) is 1. The van der Waals surface area contributed by atoms with Crippen LogP contribution in [0.1, 0.15) is 32.6 Å². The Kier molecular flexibility index (Phi) is 5.02. The van der Waals surface area contributed by atoms with Gasteiger partial charge in [0.15, 0.2) is 0 Å². The standard InChI is InChI=1S/C15H27N3O2/c1-11(19)18-8-4-5-13(10-18)15(20)16-9-14(17(2)3)12-6-7-12/h12-14H,4-10H2,1-3H3,(H,16,20)/t13-,14-/m1/s1. The molecule has 0 bridgehead atoms. The van der Waals surface area contributed by atoms with Crippen molar-refractivity contribution in [1.29, 1.82) is 0 Å². The molecule has 1 saturated carbocycles. The van der Waals surface area contributed by atoms with Crippen molar-refractivity contribution in [1.82, 2.24) is 15.1 Å². The van der Waals surface area contributed by atoms with Crippen molar-refractivity contribution in [3.8, 4) is 0 Å². The molecule has 20 heavy (non-hydrogen) atoms. The zero-order chi connectivity index (χ0) is 14.7. The minimum absolute atomic E-state index is 0.0327. The molecule has 1 heterocycles. The maximum atomic E-state index is 12.3. The van der Waals surface area contributed by atoms with Crippen LogP contribution in [0.25, 0.3) is 0 Å². The van der Waals surface area contributed by atoms with E-state index in [2.05, 4.69) is 24.3 Å². The number of carbonyl (C=O) groups excluding carboxylic acids is 2. The van der Waals surface area contributed by atoms with Crippen molar-refractivity contribution in [3.63, 3.8) is 0 Å². The summed E-state index contributed by atoms with van der Waals surface area (Å²) in [7, 11) is 4.15. The average Bonchev–Trinajstić information content (AvgIpc) is 3.23. The summed E-state index contributed by atoms with van der Waals surface area (Å²) in [5.41, 5.74) is 0. The lowest BCUT2D eigenvalue weighted by molar-refractivity contribution is -0.134. The Morgan fingerprint density at radius 2 is 2.00 bits per heavy atom. The summed E-state index contributed by atoms with van der Waals surface area (Å²) in [5.74, 6) is 0.898. The van der Waals surface area contributed by atoms with Gasteiger partial charge in [-0.15, -0.1) is 0 Å². The highest BCUT2D eigenvalue weighted by molar-refractivity contribution is 5.80. The van der Waals surface area contributed by atoms with E-state index in [-0.39, 0.29) is 17.7 Å². The van der Waals surface area contributed by atoms with Gasteiger partial charge in [0.05, 0.1) is 5.92 Å². The maximum absolute atomic E-state index is 12.3. The third kappa shape index (κ3) is 3.95. The van der Waals surface area contributed by atoms with E-state index in [1.165, 1.54) is 12.8 Å². The second-order valence-electron chi connectivity index (χ2n) is 6.42. The summed E-state index contributed by atoms with van der Waals surface area (Å²) in [5, 5.41) is 3.10. The van der Waals surface area contributed by atoms with Crippen molar-refractivity contribution in [2.24, 2.45) is 11.8 Å². The molecule has 2 atom stereocenters. The summed E-state index contributed by atoms with van der Waals surface area (Å²) in [6.07, 6.45) is 4.38. The highest BCUT2D eigenvalue weighted by atomic mass is 16.2. The molecule has 0 aromatic heterocycles. The fourth-order valence-corrected chi connectivity index (χ4v) is 3.08. The first-order valence-electron chi connectivity index (χ1n) is 7.68. The lowest BCUT2D eigenvalue weighted by Gasteiger charge is -2.32. The third-order valence-corrected chi connectivity index (χ3v) is 4.55. The van der Waals surface area contributed by atoms with E-state index in [1.807, 2.05) is 0 Å². The largest absolute Gasteiger partial charge is 0.354 e. The van der Waals surface area contributed by atoms with Crippen LogP contribution in [0.3, 0.4) is 0 Å². The predicted octanol–water partition coefficient (Wildman–Crippen LogP) is 0.701. The van der Waals surface area contributed by atoms with Gasteiger partial charge in [0.2, 0.25) is 11.8 Å². The lowest BCUT2D eigenvalue weighted by atomic mass is 9.97. The van der Waals surface area contributed by atoms with Crippen LogP contribution >= 0.6 is 0 Å². The highest BCUT2D eigenvalue weighted by Gasteiger charge is 2.33. The van der Waals surface area contributed by atoms with Crippen LogP contribution in [-0.2, 0) is 9.59 Å². The summed E-state index contributed by atoms with van der Waals surface area (Å²) in [4.78, 5) is 27.7. The van der Waals surface area contributed by atoms with Gasteiger partial charge in [0.25, 0.3) is 0 Å². The van der Waals surface area contributed by atoms with Crippen molar-refractivity contribution in [2.75, 3.05) is 33.7 Å². The number of hydrogen-bond acceptors (Lipinski definition) is 3. The fraction of sp³-hybridized carbons (Fsp3) is 0.867. The summed E-state index contributed by atoms with van der Waals surface area (Å²) in [6.45, 7) is 3.68. The van der Waals surface area contributed by atoms with Crippen LogP contribution in [0.15, 0.2) is 0 Å². The van der Waals surface area contributed by atoms with Gasteiger partial charge in [-0.2, -0.15) is 0 Å². The molecule has 2 amide bonds. The van der Waals surface area contributed by atoms with Gasteiger partial charge < -0.3 is 15.1 Å². The van der Waals surface area contributed by atoms with E-state index in [0.717, 1.165) is 31.8 Å². The molecule has 0 spiro atoms. The number of likely N-dealkylation sites (N-methyl/N-ethyl adjacent to an activating group) is 1. The van der Waals surface area contributed by atoms with Crippen molar-refractivity contribution in [3.05, 3.63) is 0 Å². The van der Waals surface area contributed by atoms with Crippen LogP contribution in [0, 0.1) is 11.8 Å². The Morgan fingerprint density at radius 3 is 2.55 bits per heavy atom. The predicted molar refractivity (Wildman–Crippen MR) is 78.2 cm³/mol. The molecule has 1 aliphatic carbocycles. The Labute approximate surface area is 121 Å². The SMILES string of the molecule is CC(=O)N1CCC[C@@H](C(=O)NC[C@H](C2CC2)N(C)C)C1. The van der Waals surface area contributed by atoms with Crippen molar-refractivity contribution >= 4 is 11.8 Å². The van der Waals surface area contributed by atoms with E-state index >= 15 is 0 Å². The van der Waals surface area contributed by atoms with Crippen LogP contribution in [0.2, 0.25) is 0 Å². The van der Waals surface area contributed by atoms with Gasteiger partial charge in [0.1, 0.15) is 0 Å². The summed E-state index contributed by atoms with van der Waals surface area (Å²) in [6, 6.07) is 0.450. The minimum Gasteiger partial charge on any atom is -0.354 e. The van der Waals surface area contributed by atoms with Crippen LogP contribution in [-0.4, -0.2) is 61.4 Å². The molecule has 114 valence electrons. The molecule has 1 N–H and O–H groups in total. The average molecular weight is 281 g/mol. The van der Waals surface area contributed by atoms with Gasteiger partial charge >= 0.3 is 0 Å². The molecule has 1 saturated heterocycles. The van der Waals surface area contributed by atoms with Crippen LogP contribution in [0.5, 0.6) is 0 Å². The molecule has 2 fully saturated rings. The van der Waals surface area contributed by atoms with E-state index in [9.17, 15) is 9.59 Å². The number of piperidine rings is 1. The molecule has 5 nitrogen and oxygen atoms in total. The first-order chi connectivity index (χ1) is 9.49.